The average molecular weight is 311 g/mol. The minimum absolute atomic E-state index is 0.179. The summed E-state index contributed by atoms with van der Waals surface area (Å²) in [5, 5.41) is 12.5. The summed E-state index contributed by atoms with van der Waals surface area (Å²) in [5.74, 6) is 0. The molecule has 2 fully saturated rings. The molecule has 0 aromatic carbocycles. The van der Waals surface area contributed by atoms with Crippen molar-refractivity contribution in [2.24, 2.45) is 10.8 Å². The van der Waals surface area contributed by atoms with Crippen molar-refractivity contribution in [3.8, 4) is 0 Å². The molecule has 2 saturated carbocycles. The van der Waals surface area contributed by atoms with Gasteiger partial charge in [-0.05, 0) is 25.7 Å². The van der Waals surface area contributed by atoms with Crippen LogP contribution in [0.1, 0.15) is 44.9 Å². The first-order chi connectivity index (χ1) is 10.7. The molecule has 5 nitrogen and oxygen atoms in total. The van der Waals surface area contributed by atoms with Gasteiger partial charge < -0.3 is 10.1 Å². The predicted molar refractivity (Wildman–Crippen MR) is 85.5 cm³/mol. The maximum absolute atomic E-state index is 8.82. The Labute approximate surface area is 133 Å². The summed E-state index contributed by atoms with van der Waals surface area (Å²) in [4.78, 5) is 4.47. The molecule has 1 heterocycles. The fraction of sp³-hybridized carbons (Fsp3) is 0.941. The molecule has 0 amide bonds. The molecule has 0 saturated heterocycles. The minimum Gasteiger partial charge on any atom is -0.384 e. The second-order valence-electron chi connectivity index (χ2n) is 7.82. The molecule has 1 unspecified atom stereocenters. The first-order valence-corrected chi connectivity index (χ1v) is 8.75. The first-order valence-electron chi connectivity index (χ1n) is 8.75. The number of nitrogens with zero attached hydrogens (tertiary/aromatic N) is 1. The van der Waals surface area contributed by atoms with Crippen LogP contribution in [0.4, 0.5) is 0 Å². The van der Waals surface area contributed by atoms with Crippen molar-refractivity contribution in [2.75, 3.05) is 40.0 Å². The van der Waals surface area contributed by atoms with Crippen molar-refractivity contribution in [1.82, 2.24) is 5.32 Å². The van der Waals surface area contributed by atoms with Crippen LogP contribution in [-0.4, -0.2) is 62.0 Å². The van der Waals surface area contributed by atoms with Crippen LogP contribution in [0, 0.1) is 10.8 Å². The number of nitrogens with one attached hydrogen (secondary N) is 1. The Morgan fingerprint density at radius 3 is 2.55 bits per heavy atom. The largest absolute Gasteiger partial charge is 0.384 e. The van der Waals surface area contributed by atoms with Crippen LogP contribution in [0.5, 0.6) is 0 Å². The molecule has 126 valence electrons. The van der Waals surface area contributed by atoms with Gasteiger partial charge in [-0.2, -0.15) is 0 Å². The number of ether oxygens (including phenoxy) is 1. The lowest BCUT2D eigenvalue weighted by molar-refractivity contribution is -0.553. The zero-order chi connectivity index (χ0) is 15.5. The molecular formula is C17H31N2O3+. The van der Waals surface area contributed by atoms with Crippen LogP contribution in [0.15, 0.2) is 0 Å². The van der Waals surface area contributed by atoms with Crippen LogP contribution in [0.25, 0.3) is 0 Å². The van der Waals surface area contributed by atoms with E-state index >= 15 is 0 Å². The highest BCUT2D eigenvalue weighted by Crippen LogP contribution is 2.42. The van der Waals surface area contributed by atoms with E-state index in [-0.39, 0.29) is 10.8 Å². The maximum atomic E-state index is 8.82. The average Bonchev–Trinajstić information content (AvgIpc) is 3.30. The smallest absolute Gasteiger partial charge is 0.150 e. The van der Waals surface area contributed by atoms with Gasteiger partial charge in [0.15, 0.2) is 0 Å². The van der Waals surface area contributed by atoms with Crippen LogP contribution in [0.3, 0.4) is 0 Å². The Balaban J connectivity index is 1.56. The number of hydrogen-bond donors (Lipinski definition) is 2. The summed E-state index contributed by atoms with van der Waals surface area (Å²) in [6.07, 6.45) is 10.9. The third-order valence-electron chi connectivity index (χ3n) is 5.83. The molecule has 2 N–H and O–H groups in total. The molecule has 0 bridgehead atoms. The predicted octanol–water partition coefficient (Wildman–Crippen LogP) is 1.91. The Hall–Kier alpha value is -0.490. The third kappa shape index (κ3) is 3.88. The molecule has 3 aliphatic rings. The van der Waals surface area contributed by atoms with Crippen molar-refractivity contribution in [1.29, 1.82) is 0 Å². The monoisotopic (exact) mass is 311 g/mol. The summed E-state index contributed by atoms with van der Waals surface area (Å²) in [6, 6.07) is 0.756. The lowest BCUT2D eigenvalue weighted by Gasteiger charge is -2.40. The van der Waals surface area contributed by atoms with Gasteiger partial charge in [0.1, 0.15) is 19.3 Å². The van der Waals surface area contributed by atoms with E-state index in [1.54, 1.807) is 0 Å². The SMILES string of the molecule is COCC1(CNC2CC2)CC=[N+](CC2(COO)CCC2)CC1. The normalized spacial score (nSPS) is 30.7. The van der Waals surface area contributed by atoms with Crippen molar-refractivity contribution in [2.45, 2.75) is 51.0 Å². The van der Waals surface area contributed by atoms with E-state index < -0.39 is 0 Å². The number of methoxy groups -OCH3 is 1. The van der Waals surface area contributed by atoms with Crippen LogP contribution < -0.4 is 5.32 Å². The van der Waals surface area contributed by atoms with E-state index in [1.807, 2.05) is 7.11 Å². The lowest BCUT2D eigenvalue weighted by atomic mass is 9.69. The molecule has 2 aliphatic carbocycles. The Morgan fingerprint density at radius 2 is 2.05 bits per heavy atom. The Morgan fingerprint density at radius 1 is 1.23 bits per heavy atom. The third-order valence-corrected chi connectivity index (χ3v) is 5.83. The van der Waals surface area contributed by atoms with E-state index in [9.17, 15) is 0 Å². The molecule has 22 heavy (non-hydrogen) atoms. The van der Waals surface area contributed by atoms with Gasteiger partial charge >= 0.3 is 0 Å². The molecule has 5 heteroatoms. The molecule has 3 rings (SSSR count). The van der Waals surface area contributed by atoms with E-state index in [0.717, 1.165) is 38.7 Å². The summed E-state index contributed by atoms with van der Waals surface area (Å²) >= 11 is 0. The van der Waals surface area contributed by atoms with E-state index in [2.05, 4.69) is 21.0 Å². The van der Waals surface area contributed by atoms with E-state index in [1.165, 1.54) is 38.5 Å². The minimum atomic E-state index is 0.179. The Kier molecular flexibility index (Phi) is 5.17. The maximum Gasteiger partial charge on any atom is 0.150 e. The topological polar surface area (TPSA) is 53.7 Å². The number of hydrogen-bond acceptors (Lipinski definition) is 4. The van der Waals surface area contributed by atoms with Crippen LogP contribution in [0.2, 0.25) is 0 Å². The highest BCUT2D eigenvalue weighted by atomic mass is 17.1. The second kappa shape index (κ2) is 6.95. The van der Waals surface area contributed by atoms with Gasteiger partial charge in [0, 0.05) is 38.0 Å². The van der Waals surface area contributed by atoms with Gasteiger partial charge in [-0.1, -0.05) is 6.42 Å². The molecule has 1 aliphatic heterocycles. The molecule has 0 radical (unpaired) electrons. The summed E-state index contributed by atoms with van der Waals surface area (Å²) < 4.78 is 7.96. The fourth-order valence-corrected chi connectivity index (χ4v) is 3.93. The first kappa shape index (κ1) is 16.4. The van der Waals surface area contributed by atoms with Gasteiger partial charge in [-0.3, -0.25) is 5.26 Å². The quantitative estimate of drug-likeness (QED) is 0.388. The van der Waals surface area contributed by atoms with Crippen LogP contribution in [-0.2, 0) is 9.62 Å². The highest BCUT2D eigenvalue weighted by molar-refractivity contribution is 5.53. The van der Waals surface area contributed by atoms with Gasteiger partial charge in [0.2, 0.25) is 0 Å². The Bertz CT molecular complexity index is 405. The summed E-state index contributed by atoms with van der Waals surface area (Å²) in [6.45, 7) is 4.49. The summed E-state index contributed by atoms with van der Waals surface area (Å²) in [5.41, 5.74) is 0.437. The zero-order valence-electron chi connectivity index (χ0n) is 13.9. The number of rotatable bonds is 9. The summed E-state index contributed by atoms with van der Waals surface area (Å²) in [7, 11) is 1.81. The molecule has 0 aromatic rings. The van der Waals surface area contributed by atoms with Crippen LogP contribution >= 0.6 is 0 Å². The second-order valence-corrected chi connectivity index (χ2v) is 7.82. The van der Waals surface area contributed by atoms with Crippen molar-refractivity contribution in [3.63, 3.8) is 0 Å². The van der Waals surface area contributed by atoms with Gasteiger partial charge in [0.05, 0.1) is 18.6 Å². The molecule has 0 spiro atoms. The zero-order valence-corrected chi connectivity index (χ0v) is 13.9. The fourth-order valence-electron chi connectivity index (χ4n) is 3.93. The van der Waals surface area contributed by atoms with Gasteiger partial charge in [-0.15, -0.1) is 0 Å². The molecular weight excluding hydrogens is 280 g/mol. The van der Waals surface area contributed by atoms with Crippen molar-refractivity contribution >= 4 is 6.21 Å². The highest BCUT2D eigenvalue weighted by Gasteiger charge is 2.44. The van der Waals surface area contributed by atoms with E-state index in [0.29, 0.717) is 6.61 Å². The lowest BCUT2D eigenvalue weighted by Crippen LogP contribution is -2.48. The van der Waals surface area contributed by atoms with Crippen molar-refractivity contribution in [3.05, 3.63) is 0 Å². The van der Waals surface area contributed by atoms with Crippen molar-refractivity contribution < 1.29 is 19.5 Å². The molecule has 1 atom stereocenters. The standard InChI is InChI=1S/C17H30N2O3/c1-21-13-16(11-18-15-3-4-15)7-9-19(10-8-16)12-17(14-22-20)5-2-6-17/h9,15,18H,2-8,10-14H2,1H3/p+1. The molecule has 0 aromatic heterocycles. The van der Waals surface area contributed by atoms with Gasteiger partial charge in [0.25, 0.3) is 0 Å². The van der Waals surface area contributed by atoms with Gasteiger partial charge in [-0.25, -0.2) is 9.46 Å². The van der Waals surface area contributed by atoms with E-state index in [4.69, 9.17) is 9.99 Å².